The van der Waals surface area contributed by atoms with Crippen molar-refractivity contribution in [1.82, 2.24) is 20.1 Å². The monoisotopic (exact) mass is 312 g/mol. The number of aromatic nitrogens is 3. The number of H-pyrrole nitrogens is 1. The summed E-state index contributed by atoms with van der Waals surface area (Å²) in [6, 6.07) is 5.79. The standard InChI is InChI=1S/C13H17ClN4OS/c1-8(2)18-12(19)16-17-13(18)20-11-6-4-5-10(14)9(11)7-15-3/h4-6,8,15H,7H2,1-3H3,(H,16,19). The van der Waals surface area contributed by atoms with Crippen molar-refractivity contribution in [2.24, 2.45) is 0 Å². The Morgan fingerprint density at radius 2 is 2.25 bits per heavy atom. The molecule has 5 nitrogen and oxygen atoms in total. The van der Waals surface area contributed by atoms with Gasteiger partial charge in [-0.3, -0.25) is 4.57 Å². The summed E-state index contributed by atoms with van der Waals surface area (Å²) in [4.78, 5) is 12.7. The second kappa shape index (κ2) is 6.47. The molecule has 2 N–H and O–H groups in total. The molecule has 0 aliphatic rings. The minimum atomic E-state index is -0.195. The van der Waals surface area contributed by atoms with Crippen LogP contribution in [0.5, 0.6) is 0 Å². The lowest BCUT2D eigenvalue weighted by molar-refractivity contribution is 0.534. The molecule has 0 saturated carbocycles. The Morgan fingerprint density at radius 3 is 2.90 bits per heavy atom. The van der Waals surface area contributed by atoms with Gasteiger partial charge in [-0.15, -0.1) is 5.10 Å². The maximum atomic E-state index is 11.7. The van der Waals surface area contributed by atoms with Crippen molar-refractivity contribution in [3.05, 3.63) is 39.3 Å². The van der Waals surface area contributed by atoms with Crippen molar-refractivity contribution >= 4 is 23.4 Å². The molecule has 0 bridgehead atoms. The van der Waals surface area contributed by atoms with Gasteiger partial charge in [0.15, 0.2) is 5.16 Å². The van der Waals surface area contributed by atoms with E-state index in [-0.39, 0.29) is 11.7 Å². The van der Waals surface area contributed by atoms with Crippen molar-refractivity contribution < 1.29 is 0 Å². The first kappa shape index (κ1) is 15.2. The Balaban J connectivity index is 2.40. The van der Waals surface area contributed by atoms with Crippen molar-refractivity contribution in [3.63, 3.8) is 0 Å². The molecule has 1 heterocycles. The summed E-state index contributed by atoms with van der Waals surface area (Å²) in [5.74, 6) is 0. The van der Waals surface area contributed by atoms with Crippen LogP contribution in [-0.2, 0) is 6.54 Å². The van der Waals surface area contributed by atoms with Crippen LogP contribution in [0.25, 0.3) is 0 Å². The first-order valence-corrected chi connectivity index (χ1v) is 7.50. The Morgan fingerprint density at radius 1 is 1.50 bits per heavy atom. The average molecular weight is 313 g/mol. The normalized spacial score (nSPS) is 11.2. The van der Waals surface area contributed by atoms with Gasteiger partial charge in [-0.05, 0) is 50.4 Å². The number of nitrogens with one attached hydrogen (secondary N) is 2. The molecule has 7 heteroatoms. The van der Waals surface area contributed by atoms with Gasteiger partial charge >= 0.3 is 5.69 Å². The molecule has 20 heavy (non-hydrogen) atoms. The molecule has 108 valence electrons. The van der Waals surface area contributed by atoms with E-state index in [0.717, 1.165) is 10.5 Å². The summed E-state index contributed by atoms with van der Waals surface area (Å²) in [5, 5.41) is 11.0. The zero-order valence-electron chi connectivity index (χ0n) is 11.6. The topological polar surface area (TPSA) is 62.7 Å². The van der Waals surface area contributed by atoms with E-state index in [1.807, 2.05) is 39.1 Å². The summed E-state index contributed by atoms with van der Waals surface area (Å²) in [6.07, 6.45) is 0. The third kappa shape index (κ3) is 3.08. The van der Waals surface area contributed by atoms with Gasteiger partial charge in [0.25, 0.3) is 0 Å². The molecule has 2 aromatic rings. The van der Waals surface area contributed by atoms with Crippen LogP contribution < -0.4 is 11.0 Å². The lowest BCUT2D eigenvalue weighted by Crippen LogP contribution is -2.19. The van der Waals surface area contributed by atoms with E-state index in [2.05, 4.69) is 15.5 Å². The van der Waals surface area contributed by atoms with Gasteiger partial charge in [0, 0.05) is 22.5 Å². The van der Waals surface area contributed by atoms with E-state index in [4.69, 9.17) is 11.6 Å². The fourth-order valence-electron chi connectivity index (χ4n) is 1.90. The summed E-state index contributed by atoms with van der Waals surface area (Å²) < 4.78 is 1.63. The van der Waals surface area contributed by atoms with E-state index in [0.29, 0.717) is 16.7 Å². The molecule has 1 aromatic heterocycles. The fourth-order valence-corrected chi connectivity index (χ4v) is 3.33. The van der Waals surface area contributed by atoms with Crippen LogP contribution in [0.3, 0.4) is 0 Å². The molecule has 0 radical (unpaired) electrons. The largest absolute Gasteiger partial charge is 0.344 e. The molecular formula is C13H17ClN4OS. The Hall–Kier alpha value is -1.24. The van der Waals surface area contributed by atoms with Gasteiger partial charge in [-0.2, -0.15) is 0 Å². The maximum Gasteiger partial charge on any atom is 0.344 e. The predicted molar refractivity (Wildman–Crippen MR) is 81.6 cm³/mol. The quantitative estimate of drug-likeness (QED) is 0.891. The smallest absolute Gasteiger partial charge is 0.316 e. The second-order valence-corrected chi connectivity index (χ2v) is 6.04. The highest BCUT2D eigenvalue weighted by Crippen LogP contribution is 2.33. The van der Waals surface area contributed by atoms with Crippen LogP contribution in [0.2, 0.25) is 5.02 Å². The van der Waals surface area contributed by atoms with E-state index in [9.17, 15) is 4.79 Å². The third-order valence-electron chi connectivity index (χ3n) is 2.82. The molecule has 0 aliphatic carbocycles. The van der Waals surface area contributed by atoms with Crippen LogP contribution in [0.4, 0.5) is 0 Å². The number of benzene rings is 1. The van der Waals surface area contributed by atoms with Gasteiger partial charge in [-0.25, -0.2) is 9.89 Å². The summed E-state index contributed by atoms with van der Waals surface area (Å²) in [7, 11) is 1.87. The zero-order chi connectivity index (χ0) is 14.7. The zero-order valence-corrected chi connectivity index (χ0v) is 13.2. The maximum absolute atomic E-state index is 11.7. The van der Waals surface area contributed by atoms with E-state index >= 15 is 0 Å². The Labute approximate surface area is 126 Å². The van der Waals surface area contributed by atoms with Crippen molar-refractivity contribution in [2.45, 2.75) is 36.5 Å². The number of hydrogen-bond acceptors (Lipinski definition) is 4. The van der Waals surface area contributed by atoms with Crippen LogP contribution in [0, 0.1) is 0 Å². The molecule has 0 spiro atoms. The first-order chi connectivity index (χ1) is 9.54. The highest BCUT2D eigenvalue weighted by molar-refractivity contribution is 7.99. The van der Waals surface area contributed by atoms with Crippen LogP contribution in [0.1, 0.15) is 25.5 Å². The molecule has 0 saturated heterocycles. The van der Waals surface area contributed by atoms with Crippen molar-refractivity contribution in [2.75, 3.05) is 7.05 Å². The first-order valence-electron chi connectivity index (χ1n) is 6.31. The summed E-state index contributed by atoms with van der Waals surface area (Å²) >= 11 is 7.67. The van der Waals surface area contributed by atoms with Gasteiger partial charge < -0.3 is 5.32 Å². The lowest BCUT2D eigenvalue weighted by Gasteiger charge is -2.12. The number of nitrogens with zero attached hydrogens (tertiary/aromatic N) is 2. The van der Waals surface area contributed by atoms with Crippen LogP contribution >= 0.6 is 23.4 Å². The lowest BCUT2D eigenvalue weighted by atomic mass is 10.2. The van der Waals surface area contributed by atoms with Gasteiger partial charge in [0.2, 0.25) is 0 Å². The number of halogens is 1. The minimum Gasteiger partial charge on any atom is -0.316 e. The number of hydrogen-bond donors (Lipinski definition) is 2. The van der Waals surface area contributed by atoms with Gasteiger partial charge in [0.1, 0.15) is 0 Å². The van der Waals surface area contributed by atoms with Crippen LogP contribution in [0.15, 0.2) is 33.0 Å². The van der Waals surface area contributed by atoms with Crippen LogP contribution in [-0.4, -0.2) is 21.8 Å². The molecule has 0 unspecified atom stereocenters. The number of aromatic amines is 1. The van der Waals surface area contributed by atoms with E-state index in [1.165, 1.54) is 11.8 Å². The molecular weight excluding hydrogens is 296 g/mol. The summed E-state index contributed by atoms with van der Waals surface area (Å²) in [6.45, 7) is 4.57. The minimum absolute atomic E-state index is 0.0516. The van der Waals surface area contributed by atoms with Crippen molar-refractivity contribution in [1.29, 1.82) is 0 Å². The summed E-state index contributed by atoms with van der Waals surface area (Å²) in [5.41, 5.74) is 0.812. The molecule has 0 amide bonds. The SMILES string of the molecule is CNCc1c(Cl)cccc1Sc1n[nH]c(=O)n1C(C)C. The molecule has 0 aliphatic heterocycles. The third-order valence-corrected chi connectivity index (χ3v) is 4.25. The van der Waals surface area contributed by atoms with E-state index < -0.39 is 0 Å². The molecule has 0 atom stereocenters. The van der Waals surface area contributed by atoms with E-state index in [1.54, 1.807) is 4.57 Å². The average Bonchev–Trinajstić information content (AvgIpc) is 2.75. The Kier molecular flexibility index (Phi) is 4.91. The highest BCUT2D eigenvalue weighted by atomic mass is 35.5. The predicted octanol–water partition coefficient (Wildman–Crippen LogP) is 2.68. The fraction of sp³-hybridized carbons (Fsp3) is 0.385. The number of rotatable bonds is 5. The van der Waals surface area contributed by atoms with Gasteiger partial charge in [-0.1, -0.05) is 17.7 Å². The Bertz CT molecular complexity index is 650. The van der Waals surface area contributed by atoms with Gasteiger partial charge in [0.05, 0.1) is 0 Å². The molecule has 2 rings (SSSR count). The second-order valence-electron chi connectivity index (χ2n) is 4.62. The molecule has 0 fully saturated rings. The molecule has 1 aromatic carbocycles. The highest BCUT2D eigenvalue weighted by Gasteiger charge is 2.15. The van der Waals surface area contributed by atoms with Crippen molar-refractivity contribution in [3.8, 4) is 0 Å².